The van der Waals surface area contributed by atoms with E-state index in [4.69, 9.17) is 92.3 Å². The molecule has 1 saturated carbocycles. The number of hydrogen-bond donors (Lipinski definition) is 0. The van der Waals surface area contributed by atoms with Crippen LogP contribution >= 0.6 is 0 Å². The van der Waals surface area contributed by atoms with Crippen LogP contribution < -0.4 is 51.4 Å². The zero-order valence-corrected chi connectivity index (χ0v) is 75.7. The summed E-state index contributed by atoms with van der Waals surface area (Å²) in [6.07, 6.45) is 3.36. The predicted molar refractivity (Wildman–Crippen MR) is 393 cm³/mol. The number of carbonyl (C=O) groups excluding carboxylic acids is 4. The molecule has 0 bridgehead atoms. The van der Waals surface area contributed by atoms with Crippen molar-refractivity contribution in [2.24, 2.45) is 22.7 Å². The van der Waals surface area contributed by atoms with E-state index in [9.17, 15) is 40.8 Å². The van der Waals surface area contributed by atoms with Gasteiger partial charge in [0.25, 0.3) is 0 Å². The number of hydrogen-bond acceptors (Lipinski definition) is 26. The number of carbonyl (C=O) groups is 4. The van der Waals surface area contributed by atoms with Crippen molar-refractivity contribution in [3.05, 3.63) is 4.72 Å². The number of alkyl halides is 3. The fraction of sp³-hybridized carbons (Fsp3) is 0.939. The minimum absolute atomic E-state index is 0. The van der Waals surface area contributed by atoms with Crippen molar-refractivity contribution in [2.75, 3.05) is 185 Å². The van der Waals surface area contributed by atoms with Crippen LogP contribution in [0, 0.1) is 22.7 Å². The smallest absolute Gasteiger partial charge is 0.538 e. The van der Waals surface area contributed by atoms with Crippen LogP contribution in [0.2, 0.25) is 78.1 Å². The molecule has 0 spiro atoms. The number of nitrogens with zero attached hydrogens (tertiary/aromatic N) is 1. The normalized spacial score (nSPS) is 15.3. The summed E-state index contributed by atoms with van der Waals surface area (Å²) in [6, 6.07) is 0.925. The van der Waals surface area contributed by atoms with Crippen molar-refractivity contribution in [3.63, 3.8) is 0 Å². The van der Waals surface area contributed by atoms with Crippen LogP contribution in [0.5, 0.6) is 0 Å². The molecule has 0 N–H and O–H groups in total. The Bertz CT molecular complexity index is 2290. The maximum absolute atomic E-state index is 12.3. The van der Waals surface area contributed by atoms with Crippen molar-refractivity contribution in [3.8, 4) is 0 Å². The summed E-state index contributed by atoms with van der Waals surface area (Å²) in [5.41, 5.74) is -6.73. The first-order chi connectivity index (χ1) is 47.5. The molecular formula is C66H135F3KNO26SSi5. The van der Waals surface area contributed by atoms with E-state index in [1.165, 1.54) is 0 Å². The van der Waals surface area contributed by atoms with E-state index in [0.29, 0.717) is 191 Å². The predicted octanol–water partition coefficient (Wildman–Crippen LogP) is 8.27. The largest absolute Gasteiger partial charge is 1.00 e. The van der Waals surface area contributed by atoms with Gasteiger partial charge in [0.05, 0.1) is 194 Å². The van der Waals surface area contributed by atoms with E-state index in [0.717, 1.165) is 25.3 Å². The molecule has 103 heavy (non-hydrogen) atoms. The summed E-state index contributed by atoms with van der Waals surface area (Å²) in [5.74, 6) is -3.18. The Labute approximate surface area is 664 Å². The number of esters is 3. The second-order valence-electron chi connectivity index (χ2n) is 28.3. The zero-order valence-electron chi connectivity index (χ0n) is 66.8. The summed E-state index contributed by atoms with van der Waals surface area (Å²) in [6.45, 7) is 51.8. The van der Waals surface area contributed by atoms with Gasteiger partial charge in [0.15, 0.2) is 26.7 Å². The molecule has 1 rings (SSSR count). The second-order valence-corrected chi connectivity index (χ2v) is 49.8. The third-order valence-corrected chi connectivity index (χ3v) is 33.9. The Kier molecular flexibility index (Phi) is 61.6. The molecule has 0 saturated heterocycles. The molecule has 1 amide bonds. The SMILES string of the molecule is CCC(C)(C)C(=O)OC1CCCC(C(=O)[N-]S(=O)(=O)C(F)(F)F)C1.CCC(C)(C)C(=O)OCCC[Si](C)(C)O[Si](C)(C)O[Si](C)(C)O[Si](C)(C)O[Si](C)(C)C.CCC(C)C(=O)OCCOCCOCCOCCOCCOCCOCCOCCOCCOCCOCCOCCOCCOC.[K+]. The molecule has 0 aromatic carbocycles. The first-order valence-corrected chi connectivity index (χ1v) is 52.3. The molecule has 0 aliphatic heterocycles. The van der Waals surface area contributed by atoms with E-state index in [2.05, 4.69) is 76.7 Å². The average molecular weight is 1630 g/mol. The molecule has 1 fully saturated rings. The Hall–Kier alpha value is -0.339. The zero-order chi connectivity index (χ0) is 77.8. The van der Waals surface area contributed by atoms with E-state index < -0.39 is 92.6 Å². The molecule has 3 unspecified atom stereocenters. The monoisotopic (exact) mass is 1630 g/mol. The molecule has 0 heterocycles. The summed E-state index contributed by atoms with van der Waals surface area (Å²) < 4.78 is 173. The van der Waals surface area contributed by atoms with Gasteiger partial charge in [0.2, 0.25) is 0 Å². The Morgan fingerprint density at radius 3 is 1.13 bits per heavy atom. The van der Waals surface area contributed by atoms with Gasteiger partial charge in [-0.3, -0.25) is 14.4 Å². The fourth-order valence-corrected chi connectivity index (χ4v) is 33.3. The topological polar surface area (TPSA) is 301 Å². The molecule has 1 aliphatic carbocycles. The standard InChI is InChI=1S/C32H64O15.C20H50O6Si5.C14H22F3NO5S.K/c1-4-31(2)32(33)47-30-29-46-28-27-45-26-25-44-24-23-43-22-21-42-20-19-41-18-17-40-16-15-39-14-13-38-12-11-37-10-9-36-8-7-35-6-5-34-3;1-15-20(2,3)19(21)22-17-16-18-28(7,8)24-30(11,12)26-31(13,14)25-29(9,10)23-27(4,5)6;1-4-13(2,3)12(20)23-10-7-5-6-9(8-10)11(19)18-24(21,22)14(15,16)17;/h31H,4-30H2,1-3H3;15-18H2,1-14H3;9-10H,4-8H2,1-3H3,(H,18,19);/q;;;+1/p-1. The van der Waals surface area contributed by atoms with Crippen molar-refractivity contribution in [1.82, 2.24) is 0 Å². The average Bonchev–Trinajstić information content (AvgIpc) is 0.824. The van der Waals surface area contributed by atoms with Gasteiger partial charge in [0.1, 0.15) is 12.7 Å². The molecule has 0 aromatic rings. The quantitative estimate of drug-likeness (QED) is 0.0239. The molecule has 3 atom stereocenters. The molecule has 0 aromatic heterocycles. The third kappa shape index (κ3) is 61.0. The van der Waals surface area contributed by atoms with Gasteiger partial charge in [-0.05, 0) is 157 Å². The van der Waals surface area contributed by atoms with Gasteiger partial charge in [0, 0.05) is 13.0 Å². The first kappa shape index (κ1) is 107. The van der Waals surface area contributed by atoms with Crippen LogP contribution in [0.25, 0.3) is 4.72 Å². The summed E-state index contributed by atoms with van der Waals surface area (Å²) in [4.78, 5) is 47.4. The Morgan fingerprint density at radius 2 is 0.796 bits per heavy atom. The fourth-order valence-electron chi connectivity index (χ4n) is 9.05. The molecule has 608 valence electrons. The maximum atomic E-state index is 12.3. The minimum atomic E-state index is -5.85. The van der Waals surface area contributed by atoms with Crippen LogP contribution in [0.4, 0.5) is 13.2 Å². The third-order valence-electron chi connectivity index (χ3n) is 14.8. The van der Waals surface area contributed by atoms with Gasteiger partial charge < -0.3 is 102 Å². The number of halogens is 3. The maximum Gasteiger partial charge on any atom is 1.00 e. The summed E-state index contributed by atoms with van der Waals surface area (Å²) >= 11 is 0. The molecule has 27 nitrogen and oxygen atoms in total. The van der Waals surface area contributed by atoms with Gasteiger partial charge in [-0.2, -0.15) is 13.2 Å². The van der Waals surface area contributed by atoms with Crippen molar-refractivity contribution >= 4 is 76.2 Å². The van der Waals surface area contributed by atoms with Gasteiger partial charge in [-0.15, -0.1) is 0 Å². The summed E-state index contributed by atoms with van der Waals surface area (Å²) in [5, 5.41) is 0. The van der Waals surface area contributed by atoms with Crippen LogP contribution in [0.1, 0.15) is 107 Å². The van der Waals surface area contributed by atoms with E-state index in [1.807, 2.05) is 41.5 Å². The van der Waals surface area contributed by atoms with E-state index >= 15 is 0 Å². The molecule has 0 radical (unpaired) electrons. The van der Waals surface area contributed by atoms with Crippen LogP contribution in [-0.4, -0.2) is 272 Å². The van der Waals surface area contributed by atoms with Gasteiger partial charge >= 0.3 is 100 Å². The van der Waals surface area contributed by atoms with Crippen LogP contribution in [0.15, 0.2) is 0 Å². The van der Waals surface area contributed by atoms with E-state index in [1.54, 1.807) is 21.0 Å². The van der Waals surface area contributed by atoms with Crippen molar-refractivity contribution in [1.29, 1.82) is 0 Å². The van der Waals surface area contributed by atoms with Crippen molar-refractivity contribution < 1.29 is 184 Å². The number of sulfonamides is 1. The first-order valence-electron chi connectivity index (χ1n) is 35.9. The Morgan fingerprint density at radius 1 is 0.466 bits per heavy atom. The minimum Gasteiger partial charge on any atom is -0.538 e. The van der Waals surface area contributed by atoms with E-state index in [-0.39, 0.29) is 88.7 Å². The van der Waals surface area contributed by atoms with Crippen molar-refractivity contribution in [2.45, 2.75) is 196 Å². The number of methoxy groups -OCH3 is 1. The number of amides is 1. The van der Waals surface area contributed by atoms with Gasteiger partial charge in [-0.25, -0.2) is 8.42 Å². The van der Waals surface area contributed by atoms with Gasteiger partial charge in [-0.1, -0.05) is 27.7 Å². The number of rotatable bonds is 60. The summed E-state index contributed by atoms with van der Waals surface area (Å²) in [7, 11) is -14.9. The number of ether oxygens (including phenoxy) is 16. The second kappa shape index (κ2) is 59.4. The van der Waals surface area contributed by atoms with Crippen LogP contribution in [0.3, 0.4) is 0 Å². The molecule has 1 aliphatic rings. The molecular weight excluding hydrogens is 1490 g/mol. The molecule has 37 heteroatoms. The Balaban J connectivity index is -0.00000154. The van der Waals surface area contributed by atoms with Crippen LogP contribution in [-0.2, 0) is 121 Å².